The highest BCUT2D eigenvalue weighted by Gasteiger charge is 2.12. The molecule has 0 amide bonds. The number of hydrogen-bond donors (Lipinski definition) is 2. The summed E-state index contributed by atoms with van der Waals surface area (Å²) in [5.41, 5.74) is 1.15. The Morgan fingerprint density at radius 2 is 2.14 bits per heavy atom. The van der Waals surface area contributed by atoms with Crippen LogP contribution in [0.4, 0.5) is 5.82 Å². The highest BCUT2D eigenvalue weighted by molar-refractivity contribution is 5.79. The molecule has 1 aromatic rings. The van der Waals surface area contributed by atoms with Crippen LogP contribution in [0.3, 0.4) is 0 Å². The van der Waals surface area contributed by atoms with Gasteiger partial charge in [-0.1, -0.05) is 6.07 Å². The molecule has 2 rings (SSSR count). The van der Waals surface area contributed by atoms with Crippen LogP contribution in [0.1, 0.15) is 25.3 Å². The number of pyridine rings is 1. The van der Waals surface area contributed by atoms with Gasteiger partial charge in [-0.05, 0) is 31.4 Å². The van der Waals surface area contributed by atoms with Crippen molar-refractivity contribution in [3.05, 3.63) is 23.9 Å². The molecule has 1 aliphatic rings. The summed E-state index contributed by atoms with van der Waals surface area (Å²) >= 11 is 0. The summed E-state index contributed by atoms with van der Waals surface area (Å²) in [6.45, 7) is 7.13. The number of anilines is 1. The second-order valence-electron chi connectivity index (χ2n) is 5.27. The Hall–Kier alpha value is -1.82. The highest BCUT2D eigenvalue weighted by atomic mass is 16.5. The second kappa shape index (κ2) is 9.25. The molecule has 6 nitrogen and oxygen atoms in total. The molecule has 2 N–H and O–H groups in total. The van der Waals surface area contributed by atoms with Gasteiger partial charge in [0.1, 0.15) is 5.82 Å². The minimum Gasteiger partial charge on any atom is -0.380 e. The largest absolute Gasteiger partial charge is 0.380 e. The van der Waals surface area contributed by atoms with Crippen LogP contribution >= 0.6 is 0 Å². The van der Waals surface area contributed by atoms with Crippen LogP contribution in [0.25, 0.3) is 0 Å². The van der Waals surface area contributed by atoms with Crippen LogP contribution in [-0.2, 0) is 11.3 Å². The predicted octanol–water partition coefficient (Wildman–Crippen LogP) is 1.38. The third kappa shape index (κ3) is 5.18. The number of aromatic nitrogens is 1. The molecule has 0 atom stereocenters. The fraction of sp³-hybridized carbons (Fsp3) is 0.625. The first kappa shape index (κ1) is 16.5. The quantitative estimate of drug-likeness (QED) is 0.453. The van der Waals surface area contributed by atoms with Crippen molar-refractivity contribution in [1.29, 1.82) is 0 Å². The van der Waals surface area contributed by atoms with Crippen LogP contribution in [0.2, 0.25) is 0 Å². The molecule has 0 aliphatic carbocycles. The van der Waals surface area contributed by atoms with E-state index in [1.165, 1.54) is 12.8 Å². The number of nitrogens with zero attached hydrogens (tertiary/aromatic N) is 3. The number of rotatable bonds is 7. The summed E-state index contributed by atoms with van der Waals surface area (Å²) in [6, 6.07) is 4.23. The van der Waals surface area contributed by atoms with E-state index >= 15 is 0 Å². The minimum absolute atomic E-state index is 0.684. The molecular formula is C16H27N5O. The van der Waals surface area contributed by atoms with E-state index in [2.05, 4.69) is 37.6 Å². The summed E-state index contributed by atoms with van der Waals surface area (Å²) in [4.78, 5) is 11.1. The Bertz CT molecular complexity index is 454. The van der Waals surface area contributed by atoms with Crippen LogP contribution in [0.15, 0.2) is 23.3 Å². The van der Waals surface area contributed by atoms with E-state index < -0.39 is 0 Å². The van der Waals surface area contributed by atoms with Gasteiger partial charge in [0, 0.05) is 46.0 Å². The van der Waals surface area contributed by atoms with Crippen LogP contribution < -0.4 is 15.5 Å². The van der Waals surface area contributed by atoms with Gasteiger partial charge in [0.2, 0.25) is 0 Å². The van der Waals surface area contributed by atoms with Crippen molar-refractivity contribution in [3.63, 3.8) is 0 Å². The Kier molecular flexibility index (Phi) is 6.96. The molecule has 1 aromatic heterocycles. The van der Waals surface area contributed by atoms with E-state index in [-0.39, 0.29) is 0 Å². The number of guanidine groups is 1. The molecule has 2 heterocycles. The zero-order valence-electron chi connectivity index (χ0n) is 13.6. The average Bonchev–Trinajstić information content (AvgIpc) is 3.09. The first-order chi connectivity index (χ1) is 10.8. The van der Waals surface area contributed by atoms with Gasteiger partial charge in [-0.25, -0.2) is 4.98 Å². The van der Waals surface area contributed by atoms with Gasteiger partial charge in [-0.15, -0.1) is 0 Å². The number of ether oxygens (including phenoxy) is 1. The Labute approximate surface area is 133 Å². The molecule has 0 bridgehead atoms. The lowest BCUT2D eigenvalue weighted by atomic mass is 10.3. The molecule has 0 radical (unpaired) electrons. The number of nitrogens with one attached hydrogen (secondary N) is 2. The van der Waals surface area contributed by atoms with Crippen molar-refractivity contribution < 1.29 is 4.74 Å². The van der Waals surface area contributed by atoms with E-state index in [0.717, 1.165) is 43.6 Å². The van der Waals surface area contributed by atoms with E-state index in [4.69, 9.17) is 4.74 Å². The summed E-state index contributed by atoms with van der Waals surface area (Å²) in [6.07, 6.45) is 4.48. The van der Waals surface area contributed by atoms with Gasteiger partial charge in [0.25, 0.3) is 0 Å². The summed E-state index contributed by atoms with van der Waals surface area (Å²) in [5, 5.41) is 6.50. The zero-order valence-corrected chi connectivity index (χ0v) is 13.6. The van der Waals surface area contributed by atoms with Crippen molar-refractivity contribution >= 4 is 11.8 Å². The van der Waals surface area contributed by atoms with Gasteiger partial charge in [-0.3, -0.25) is 4.99 Å². The average molecular weight is 305 g/mol. The monoisotopic (exact) mass is 305 g/mol. The van der Waals surface area contributed by atoms with Crippen LogP contribution in [0, 0.1) is 0 Å². The fourth-order valence-electron chi connectivity index (χ4n) is 2.45. The fourth-order valence-corrected chi connectivity index (χ4v) is 2.45. The molecule has 0 unspecified atom stereocenters. The molecule has 0 spiro atoms. The summed E-state index contributed by atoms with van der Waals surface area (Å²) in [7, 11) is 1.77. The van der Waals surface area contributed by atoms with E-state index in [0.29, 0.717) is 13.2 Å². The van der Waals surface area contributed by atoms with Gasteiger partial charge in [0.05, 0.1) is 6.61 Å². The molecular weight excluding hydrogens is 278 g/mol. The maximum atomic E-state index is 5.29. The van der Waals surface area contributed by atoms with Crippen LogP contribution in [0.5, 0.6) is 0 Å². The second-order valence-corrected chi connectivity index (χ2v) is 5.27. The van der Waals surface area contributed by atoms with Crippen molar-refractivity contribution in [3.8, 4) is 0 Å². The topological polar surface area (TPSA) is 61.8 Å². The lowest BCUT2D eigenvalue weighted by molar-refractivity contribution is 0.152. The maximum Gasteiger partial charge on any atom is 0.191 e. The van der Waals surface area contributed by atoms with Gasteiger partial charge in [-0.2, -0.15) is 0 Å². The van der Waals surface area contributed by atoms with E-state index in [9.17, 15) is 0 Å². The molecule has 0 aromatic carbocycles. The van der Waals surface area contributed by atoms with Crippen molar-refractivity contribution in [2.24, 2.45) is 4.99 Å². The van der Waals surface area contributed by atoms with E-state index in [1.807, 2.05) is 13.1 Å². The maximum absolute atomic E-state index is 5.29. The SMILES string of the molecule is CCOCCNC(=NC)NCc1ccc(N2CCCC2)nc1. The molecule has 0 saturated carbocycles. The summed E-state index contributed by atoms with van der Waals surface area (Å²) < 4.78 is 5.29. The third-order valence-electron chi connectivity index (χ3n) is 3.67. The Balaban J connectivity index is 1.75. The Morgan fingerprint density at radius 3 is 2.77 bits per heavy atom. The smallest absolute Gasteiger partial charge is 0.191 e. The normalized spacial score (nSPS) is 15.2. The van der Waals surface area contributed by atoms with Crippen molar-refractivity contribution in [1.82, 2.24) is 15.6 Å². The van der Waals surface area contributed by atoms with Crippen molar-refractivity contribution in [2.45, 2.75) is 26.3 Å². The number of aliphatic imine (C=N–C) groups is 1. The molecule has 122 valence electrons. The molecule has 1 fully saturated rings. The van der Waals surface area contributed by atoms with Crippen molar-refractivity contribution in [2.75, 3.05) is 44.8 Å². The molecule has 1 aliphatic heterocycles. The third-order valence-corrected chi connectivity index (χ3v) is 3.67. The lowest BCUT2D eigenvalue weighted by Crippen LogP contribution is -2.38. The van der Waals surface area contributed by atoms with Crippen LogP contribution in [-0.4, -0.2) is 50.8 Å². The minimum atomic E-state index is 0.684. The molecule has 1 saturated heterocycles. The molecule has 6 heteroatoms. The van der Waals surface area contributed by atoms with Gasteiger partial charge >= 0.3 is 0 Å². The zero-order chi connectivity index (χ0) is 15.6. The van der Waals surface area contributed by atoms with Gasteiger partial charge in [0.15, 0.2) is 5.96 Å². The Morgan fingerprint density at radius 1 is 1.32 bits per heavy atom. The lowest BCUT2D eigenvalue weighted by Gasteiger charge is -2.16. The standard InChI is InChI=1S/C16H27N5O/c1-3-22-11-8-18-16(17-2)20-13-14-6-7-15(19-12-14)21-9-4-5-10-21/h6-7,12H,3-5,8-11,13H2,1-2H3,(H2,17,18,20). The predicted molar refractivity (Wildman–Crippen MR) is 90.4 cm³/mol. The number of hydrogen-bond acceptors (Lipinski definition) is 4. The van der Waals surface area contributed by atoms with Gasteiger partial charge < -0.3 is 20.3 Å². The first-order valence-electron chi connectivity index (χ1n) is 8.05. The van der Waals surface area contributed by atoms with E-state index in [1.54, 1.807) is 7.05 Å². The molecule has 22 heavy (non-hydrogen) atoms. The summed E-state index contributed by atoms with van der Waals surface area (Å²) in [5.74, 6) is 1.86. The highest BCUT2D eigenvalue weighted by Crippen LogP contribution is 2.17. The first-order valence-corrected chi connectivity index (χ1v) is 8.05.